The molecule has 0 aromatic heterocycles. The van der Waals surface area contributed by atoms with Crippen LogP contribution in [0, 0.1) is 0 Å². The fraction of sp³-hybridized carbons (Fsp3) is 0.462. The Morgan fingerprint density at radius 1 is 1.20 bits per heavy atom. The molecule has 0 unspecified atom stereocenters. The average molecular weight is 203 g/mol. The summed E-state index contributed by atoms with van der Waals surface area (Å²) in [5.41, 5.74) is 1.86. The largest absolute Gasteiger partial charge is 0.235 e. The number of hydrogen-bond acceptors (Lipinski definition) is 2. The van der Waals surface area contributed by atoms with E-state index in [-0.39, 0.29) is 0 Å². The van der Waals surface area contributed by atoms with Crippen molar-refractivity contribution in [1.29, 1.82) is 0 Å². The number of benzene rings is 1. The third-order valence-electron chi connectivity index (χ3n) is 2.61. The molecule has 0 aliphatic carbocycles. The lowest BCUT2D eigenvalue weighted by Gasteiger charge is -2.18. The summed E-state index contributed by atoms with van der Waals surface area (Å²) in [5.74, 6) is 0.525. The molecule has 0 saturated heterocycles. The monoisotopic (exact) mass is 203 g/mol. The van der Waals surface area contributed by atoms with E-state index in [9.17, 15) is 4.79 Å². The lowest BCUT2D eigenvalue weighted by atomic mass is 9.92. The first-order valence-electron chi connectivity index (χ1n) is 5.17. The van der Waals surface area contributed by atoms with Crippen LogP contribution < -0.4 is 0 Å². The standard InChI is InChI=1S/C13H17NO/c1-10(2)11-5-7-12(8-6-11)13(3,4)14-9-15/h5-8,10H,1-4H3. The van der Waals surface area contributed by atoms with Crippen LogP contribution in [-0.4, -0.2) is 6.08 Å². The van der Waals surface area contributed by atoms with Crippen LogP contribution in [-0.2, 0) is 10.3 Å². The van der Waals surface area contributed by atoms with Crippen LogP contribution in [0.4, 0.5) is 0 Å². The Kier molecular flexibility index (Phi) is 3.43. The quantitative estimate of drug-likeness (QED) is 0.547. The minimum absolute atomic E-state index is 0.475. The van der Waals surface area contributed by atoms with Crippen LogP contribution in [0.25, 0.3) is 0 Å². The molecule has 0 saturated carbocycles. The summed E-state index contributed by atoms with van der Waals surface area (Å²) < 4.78 is 0. The van der Waals surface area contributed by atoms with E-state index in [0.717, 1.165) is 5.56 Å². The molecule has 0 bridgehead atoms. The van der Waals surface area contributed by atoms with E-state index in [1.807, 2.05) is 26.0 Å². The normalized spacial score (nSPS) is 11.3. The summed E-state index contributed by atoms with van der Waals surface area (Å²) in [6, 6.07) is 8.22. The third-order valence-corrected chi connectivity index (χ3v) is 2.61. The summed E-state index contributed by atoms with van der Waals surface area (Å²) >= 11 is 0. The molecule has 0 aliphatic heterocycles. The Labute approximate surface area is 91.0 Å². The number of aliphatic imine (C=N–C) groups is 1. The van der Waals surface area contributed by atoms with Crippen molar-refractivity contribution in [2.24, 2.45) is 4.99 Å². The second-order valence-corrected chi connectivity index (χ2v) is 4.54. The van der Waals surface area contributed by atoms with Gasteiger partial charge in [0.1, 0.15) is 0 Å². The lowest BCUT2D eigenvalue weighted by molar-refractivity contribution is 0.522. The third kappa shape index (κ3) is 2.77. The number of hydrogen-bond donors (Lipinski definition) is 0. The van der Waals surface area contributed by atoms with Crippen molar-refractivity contribution >= 4 is 6.08 Å². The van der Waals surface area contributed by atoms with Gasteiger partial charge in [0.25, 0.3) is 0 Å². The van der Waals surface area contributed by atoms with Gasteiger partial charge in [-0.05, 0) is 30.9 Å². The first-order valence-corrected chi connectivity index (χ1v) is 5.17. The van der Waals surface area contributed by atoms with Crippen LogP contribution >= 0.6 is 0 Å². The van der Waals surface area contributed by atoms with E-state index in [1.54, 1.807) is 6.08 Å². The first-order chi connectivity index (χ1) is 6.97. The number of carbonyl (C=O) groups excluding carboxylic acids is 1. The highest BCUT2D eigenvalue weighted by Gasteiger charge is 2.18. The van der Waals surface area contributed by atoms with Gasteiger partial charge in [0.05, 0.1) is 5.54 Å². The first kappa shape index (κ1) is 11.7. The molecule has 0 heterocycles. The van der Waals surface area contributed by atoms with E-state index in [0.29, 0.717) is 5.92 Å². The number of nitrogens with zero attached hydrogens (tertiary/aromatic N) is 1. The van der Waals surface area contributed by atoms with Gasteiger partial charge in [-0.15, -0.1) is 0 Å². The summed E-state index contributed by atoms with van der Waals surface area (Å²) in [6.45, 7) is 8.12. The fourth-order valence-electron chi connectivity index (χ4n) is 1.45. The van der Waals surface area contributed by atoms with Crippen molar-refractivity contribution in [3.63, 3.8) is 0 Å². The maximum absolute atomic E-state index is 10.3. The summed E-state index contributed by atoms with van der Waals surface area (Å²) in [7, 11) is 0. The highest BCUT2D eigenvalue weighted by Crippen LogP contribution is 2.25. The Balaban J connectivity index is 3.03. The Morgan fingerprint density at radius 3 is 2.13 bits per heavy atom. The molecule has 1 aromatic carbocycles. The predicted molar refractivity (Wildman–Crippen MR) is 61.7 cm³/mol. The van der Waals surface area contributed by atoms with Crippen LogP contribution in [0.5, 0.6) is 0 Å². The molecule has 0 atom stereocenters. The van der Waals surface area contributed by atoms with Gasteiger partial charge in [0, 0.05) is 0 Å². The van der Waals surface area contributed by atoms with E-state index in [2.05, 4.69) is 31.0 Å². The van der Waals surface area contributed by atoms with Crippen molar-refractivity contribution in [1.82, 2.24) is 0 Å². The van der Waals surface area contributed by atoms with Gasteiger partial charge in [-0.3, -0.25) is 0 Å². The minimum Gasteiger partial charge on any atom is -0.211 e. The zero-order valence-electron chi connectivity index (χ0n) is 9.74. The molecule has 2 nitrogen and oxygen atoms in total. The topological polar surface area (TPSA) is 29.4 Å². The predicted octanol–water partition coefficient (Wildman–Crippen LogP) is 3.38. The van der Waals surface area contributed by atoms with E-state index in [1.165, 1.54) is 5.56 Å². The molecule has 2 heteroatoms. The van der Waals surface area contributed by atoms with E-state index >= 15 is 0 Å². The van der Waals surface area contributed by atoms with Gasteiger partial charge < -0.3 is 0 Å². The van der Waals surface area contributed by atoms with Gasteiger partial charge >= 0.3 is 0 Å². The maximum Gasteiger partial charge on any atom is 0.235 e. The van der Waals surface area contributed by atoms with Gasteiger partial charge in [-0.25, -0.2) is 4.79 Å². The SMILES string of the molecule is CC(C)c1ccc(C(C)(C)N=C=O)cc1. The Bertz CT molecular complexity index is 370. The molecule has 0 N–H and O–H groups in total. The smallest absolute Gasteiger partial charge is 0.211 e. The second kappa shape index (κ2) is 4.41. The molecule has 0 amide bonds. The van der Waals surface area contributed by atoms with Crippen LogP contribution in [0.1, 0.15) is 44.7 Å². The van der Waals surface area contributed by atoms with Crippen LogP contribution in [0.3, 0.4) is 0 Å². The van der Waals surface area contributed by atoms with Crippen molar-refractivity contribution in [2.75, 3.05) is 0 Å². The molecule has 0 radical (unpaired) electrons. The summed E-state index contributed by atoms with van der Waals surface area (Å²) in [6.07, 6.45) is 1.62. The molecular weight excluding hydrogens is 186 g/mol. The van der Waals surface area contributed by atoms with Crippen LogP contribution in [0.15, 0.2) is 29.3 Å². The summed E-state index contributed by atoms with van der Waals surface area (Å²) in [4.78, 5) is 14.1. The van der Waals surface area contributed by atoms with Gasteiger partial charge in [0.2, 0.25) is 6.08 Å². The number of isocyanates is 1. The Morgan fingerprint density at radius 2 is 1.73 bits per heavy atom. The minimum atomic E-state index is -0.475. The second-order valence-electron chi connectivity index (χ2n) is 4.54. The summed E-state index contributed by atoms with van der Waals surface area (Å²) in [5, 5.41) is 0. The average Bonchev–Trinajstić information content (AvgIpc) is 2.18. The highest BCUT2D eigenvalue weighted by molar-refractivity contribution is 5.38. The zero-order chi connectivity index (χ0) is 11.5. The molecule has 15 heavy (non-hydrogen) atoms. The van der Waals surface area contributed by atoms with Gasteiger partial charge in [-0.1, -0.05) is 38.1 Å². The van der Waals surface area contributed by atoms with Gasteiger partial charge in [0.15, 0.2) is 0 Å². The number of rotatable bonds is 3. The molecule has 80 valence electrons. The van der Waals surface area contributed by atoms with Crippen LogP contribution in [0.2, 0.25) is 0 Å². The lowest BCUT2D eigenvalue weighted by Crippen LogP contribution is -2.13. The Hall–Kier alpha value is -1.40. The van der Waals surface area contributed by atoms with Crippen molar-refractivity contribution in [2.45, 2.75) is 39.2 Å². The zero-order valence-corrected chi connectivity index (χ0v) is 9.74. The molecule has 1 aromatic rings. The molecule has 0 aliphatic rings. The highest BCUT2D eigenvalue weighted by atomic mass is 16.1. The molecule has 1 rings (SSSR count). The van der Waals surface area contributed by atoms with Gasteiger partial charge in [-0.2, -0.15) is 4.99 Å². The van der Waals surface area contributed by atoms with Crippen molar-refractivity contribution in [3.8, 4) is 0 Å². The molecule has 0 spiro atoms. The molecular formula is C13H17NO. The molecule has 0 fully saturated rings. The maximum atomic E-state index is 10.3. The fourth-order valence-corrected chi connectivity index (χ4v) is 1.45. The van der Waals surface area contributed by atoms with E-state index < -0.39 is 5.54 Å². The van der Waals surface area contributed by atoms with Crippen molar-refractivity contribution in [3.05, 3.63) is 35.4 Å². The van der Waals surface area contributed by atoms with E-state index in [4.69, 9.17) is 0 Å². The van der Waals surface area contributed by atoms with Crippen molar-refractivity contribution < 1.29 is 4.79 Å².